The van der Waals surface area contributed by atoms with Gasteiger partial charge in [-0.15, -0.1) is 0 Å². The van der Waals surface area contributed by atoms with E-state index >= 15 is 0 Å². The highest BCUT2D eigenvalue weighted by atomic mass is 16.5. The van der Waals surface area contributed by atoms with Crippen LogP contribution in [0.4, 0.5) is 0 Å². The van der Waals surface area contributed by atoms with Crippen molar-refractivity contribution in [1.82, 2.24) is 0 Å². The molecule has 0 atom stereocenters. The Kier molecular flexibility index (Phi) is 2.69. The molecule has 0 fully saturated rings. The van der Waals surface area contributed by atoms with Crippen molar-refractivity contribution in [2.24, 2.45) is 0 Å². The summed E-state index contributed by atoms with van der Waals surface area (Å²) in [5.74, 6) is 0.154. The molecule has 3 nitrogen and oxygen atoms in total. The van der Waals surface area contributed by atoms with Crippen molar-refractivity contribution in [1.29, 1.82) is 0 Å². The Bertz CT molecular complexity index is 342. The third-order valence-electron chi connectivity index (χ3n) is 1.58. The van der Waals surface area contributed by atoms with Crippen molar-refractivity contribution < 1.29 is 14.6 Å². The molecule has 0 heterocycles. The van der Waals surface area contributed by atoms with Gasteiger partial charge in [-0.2, -0.15) is 0 Å². The molecule has 0 aliphatic heterocycles. The zero-order chi connectivity index (χ0) is 9.84. The molecule has 0 spiro atoms. The van der Waals surface area contributed by atoms with Gasteiger partial charge in [0.1, 0.15) is 0 Å². The zero-order valence-corrected chi connectivity index (χ0v) is 7.28. The number of ether oxygens (including phenoxy) is 1. The van der Waals surface area contributed by atoms with Crippen LogP contribution in [0.15, 0.2) is 31.0 Å². The monoisotopic (exact) mass is 178 g/mol. The number of carbonyl (C=O) groups is 1. The predicted molar refractivity (Wildman–Crippen MR) is 48.9 cm³/mol. The lowest BCUT2D eigenvalue weighted by molar-refractivity contribution is 0.101. The van der Waals surface area contributed by atoms with Crippen LogP contribution in [0.25, 0.3) is 0 Å². The highest BCUT2D eigenvalue weighted by Crippen LogP contribution is 2.26. The maximum Gasteiger partial charge on any atom is 0.168 e. The third-order valence-corrected chi connectivity index (χ3v) is 1.58. The number of phenolic OH excluding ortho intramolecular Hbond substituents is 1. The first-order valence-electron chi connectivity index (χ1n) is 3.76. The number of aromatic hydroxyl groups is 1. The van der Waals surface area contributed by atoms with Gasteiger partial charge < -0.3 is 9.84 Å². The minimum Gasteiger partial charge on any atom is -0.504 e. The topological polar surface area (TPSA) is 46.5 Å². The number of ketones is 1. The van der Waals surface area contributed by atoms with Gasteiger partial charge >= 0.3 is 0 Å². The molecular weight excluding hydrogens is 168 g/mol. The molecule has 0 unspecified atom stereocenters. The van der Waals surface area contributed by atoms with Gasteiger partial charge in [0.15, 0.2) is 17.3 Å². The minimum atomic E-state index is -0.0751. The molecular formula is C10H10O3. The minimum absolute atomic E-state index is 0.00935. The second-order valence-corrected chi connectivity index (χ2v) is 2.52. The number of Topliss-reactive ketones (excluding diaryl/α,β-unsaturated/α-hetero) is 1. The summed E-state index contributed by atoms with van der Waals surface area (Å²) in [6, 6.07) is 4.42. The Labute approximate surface area is 76.3 Å². The van der Waals surface area contributed by atoms with Crippen LogP contribution < -0.4 is 4.74 Å². The van der Waals surface area contributed by atoms with Crippen LogP contribution in [0.1, 0.15) is 17.3 Å². The van der Waals surface area contributed by atoms with E-state index in [9.17, 15) is 9.90 Å². The molecule has 0 aliphatic carbocycles. The van der Waals surface area contributed by atoms with E-state index < -0.39 is 0 Å². The normalized spacial score (nSPS) is 9.31. The van der Waals surface area contributed by atoms with Gasteiger partial charge in [-0.05, 0) is 25.1 Å². The lowest BCUT2D eigenvalue weighted by atomic mass is 10.1. The summed E-state index contributed by atoms with van der Waals surface area (Å²) in [6.45, 7) is 4.80. The Morgan fingerprint density at radius 3 is 2.85 bits per heavy atom. The van der Waals surface area contributed by atoms with Gasteiger partial charge in [-0.1, -0.05) is 6.58 Å². The molecule has 3 heteroatoms. The van der Waals surface area contributed by atoms with Gasteiger partial charge in [-0.3, -0.25) is 4.79 Å². The number of hydrogen-bond acceptors (Lipinski definition) is 3. The average Bonchev–Trinajstić information content (AvgIpc) is 2.08. The van der Waals surface area contributed by atoms with Crippen LogP contribution in [-0.4, -0.2) is 10.9 Å². The van der Waals surface area contributed by atoms with Crippen molar-refractivity contribution in [2.45, 2.75) is 6.92 Å². The van der Waals surface area contributed by atoms with Crippen LogP contribution in [0.2, 0.25) is 0 Å². The molecule has 0 aliphatic rings. The van der Waals surface area contributed by atoms with Crippen molar-refractivity contribution in [3.63, 3.8) is 0 Å². The van der Waals surface area contributed by atoms with E-state index in [1.165, 1.54) is 31.4 Å². The van der Waals surface area contributed by atoms with Crippen LogP contribution in [0.3, 0.4) is 0 Å². The third kappa shape index (κ3) is 2.08. The van der Waals surface area contributed by atoms with E-state index in [-0.39, 0.29) is 17.3 Å². The molecule has 0 amide bonds. The highest BCUT2D eigenvalue weighted by molar-refractivity contribution is 5.94. The highest BCUT2D eigenvalue weighted by Gasteiger charge is 2.05. The van der Waals surface area contributed by atoms with Gasteiger partial charge in [-0.25, -0.2) is 0 Å². The molecule has 0 radical (unpaired) electrons. The Balaban J connectivity index is 3.10. The molecule has 0 saturated carbocycles. The van der Waals surface area contributed by atoms with Crippen LogP contribution >= 0.6 is 0 Å². The summed E-state index contributed by atoms with van der Waals surface area (Å²) in [7, 11) is 0. The van der Waals surface area contributed by atoms with E-state index in [0.29, 0.717) is 5.56 Å². The second kappa shape index (κ2) is 3.76. The van der Waals surface area contributed by atoms with E-state index in [4.69, 9.17) is 4.74 Å². The first-order valence-corrected chi connectivity index (χ1v) is 3.76. The Hall–Kier alpha value is -1.77. The maximum atomic E-state index is 11.0. The molecule has 1 aromatic carbocycles. The van der Waals surface area contributed by atoms with Gasteiger partial charge in [0.05, 0.1) is 6.26 Å². The quantitative estimate of drug-likeness (QED) is 0.569. The summed E-state index contributed by atoms with van der Waals surface area (Å²) < 4.78 is 4.89. The maximum absolute atomic E-state index is 11.0. The fourth-order valence-electron chi connectivity index (χ4n) is 0.917. The summed E-state index contributed by atoms with van der Waals surface area (Å²) in [5.41, 5.74) is 0.495. The number of phenols is 1. The SMILES string of the molecule is C=COc1cc(C(C)=O)ccc1O. The molecule has 0 bridgehead atoms. The lowest BCUT2D eigenvalue weighted by Gasteiger charge is -2.03. The second-order valence-electron chi connectivity index (χ2n) is 2.52. The summed E-state index contributed by atoms with van der Waals surface area (Å²) in [6.07, 6.45) is 1.19. The van der Waals surface area contributed by atoms with Gasteiger partial charge in [0, 0.05) is 5.56 Å². The lowest BCUT2D eigenvalue weighted by Crippen LogP contribution is -1.92. The number of rotatable bonds is 3. The fraction of sp³-hybridized carbons (Fsp3) is 0.100. The zero-order valence-electron chi connectivity index (χ0n) is 7.28. The Morgan fingerprint density at radius 1 is 1.62 bits per heavy atom. The van der Waals surface area contributed by atoms with E-state index in [2.05, 4.69) is 6.58 Å². The number of carbonyl (C=O) groups excluding carboxylic acids is 1. The smallest absolute Gasteiger partial charge is 0.168 e. The molecule has 13 heavy (non-hydrogen) atoms. The van der Waals surface area contributed by atoms with Crippen LogP contribution in [0, 0.1) is 0 Å². The van der Waals surface area contributed by atoms with Crippen LogP contribution in [-0.2, 0) is 0 Å². The van der Waals surface area contributed by atoms with Crippen molar-refractivity contribution >= 4 is 5.78 Å². The summed E-state index contributed by atoms with van der Waals surface area (Å²) in [4.78, 5) is 11.0. The molecule has 1 rings (SSSR count). The van der Waals surface area contributed by atoms with E-state index in [1.54, 1.807) is 0 Å². The summed E-state index contributed by atoms with van der Waals surface area (Å²) >= 11 is 0. The number of hydrogen-bond donors (Lipinski definition) is 1. The van der Waals surface area contributed by atoms with E-state index in [0.717, 1.165) is 0 Å². The summed E-state index contributed by atoms with van der Waals surface area (Å²) in [5, 5.41) is 9.26. The van der Waals surface area contributed by atoms with Gasteiger partial charge in [0.25, 0.3) is 0 Å². The average molecular weight is 178 g/mol. The standard InChI is InChI=1S/C10H10O3/c1-3-13-10-6-8(7(2)11)4-5-9(10)12/h3-6,12H,1H2,2H3. The molecule has 1 aromatic rings. The molecule has 68 valence electrons. The predicted octanol–water partition coefficient (Wildman–Crippen LogP) is 2.12. The largest absolute Gasteiger partial charge is 0.504 e. The van der Waals surface area contributed by atoms with Crippen molar-refractivity contribution in [3.8, 4) is 11.5 Å². The van der Waals surface area contributed by atoms with Crippen molar-refractivity contribution in [2.75, 3.05) is 0 Å². The molecule has 1 N–H and O–H groups in total. The Morgan fingerprint density at radius 2 is 2.31 bits per heavy atom. The van der Waals surface area contributed by atoms with Gasteiger partial charge in [0.2, 0.25) is 0 Å². The van der Waals surface area contributed by atoms with E-state index in [1.807, 2.05) is 0 Å². The van der Waals surface area contributed by atoms with Crippen molar-refractivity contribution in [3.05, 3.63) is 36.6 Å². The first kappa shape index (κ1) is 9.32. The molecule has 0 aromatic heterocycles. The molecule has 0 saturated heterocycles. The van der Waals surface area contributed by atoms with Crippen LogP contribution in [0.5, 0.6) is 11.5 Å². The first-order chi connectivity index (χ1) is 6.15. The fourth-order valence-corrected chi connectivity index (χ4v) is 0.917. The number of benzene rings is 1.